The lowest BCUT2D eigenvalue weighted by molar-refractivity contribution is 0.484. The van der Waals surface area contributed by atoms with Gasteiger partial charge in [0.05, 0.1) is 10.6 Å². The monoisotopic (exact) mass is 286 g/mol. The van der Waals surface area contributed by atoms with Gasteiger partial charge in [-0.15, -0.1) is 0 Å². The van der Waals surface area contributed by atoms with Gasteiger partial charge in [0.2, 0.25) is 10.0 Å². The van der Waals surface area contributed by atoms with Crippen LogP contribution in [0.15, 0.2) is 23.1 Å². The van der Waals surface area contributed by atoms with Crippen LogP contribution in [0, 0.1) is 11.2 Å². The van der Waals surface area contributed by atoms with Gasteiger partial charge in [-0.2, -0.15) is 0 Å². The van der Waals surface area contributed by atoms with Crippen LogP contribution in [0.1, 0.15) is 32.6 Å². The average Bonchev–Trinajstić information content (AvgIpc) is 3.07. The minimum Gasteiger partial charge on any atom is -0.382 e. The summed E-state index contributed by atoms with van der Waals surface area (Å²) in [5.41, 5.74) is 0.634. The van der Waals surface area contributed by atoms with Gasteiger partial charge in [-0.3, -0.25) is 0 Å². The second-order valence-electron chi connectivity index (χ2n) is 5.29. The van der Waals surface area contributed by atoms with Crippen molar-refractivity contribution in [1.29, 1.82) is 0 Å². The number of hydrogen-bond acceptors (Lipinski definition) is 3. The third kappa shape index (κ3) is 3.45. The first-order valence-electron chi connectivity index (χ1n) is 6.43. The summed E-state index contributed by atoms with van der Waals surface area (Å²) in [7, 11) is -3.85. The summed E-state index contributed by atoms with van der Waals surface area (Å²) in [5, 5.41) is 8.02. The summed E-state index contributed by atoms with van der Waals surface area (Å²) < 4.78 is 36.0. The average molecular weight is 286 g/mol. The number of sulfonamides is 1. The lowest BCUT2D eigenvalue weighted by Crippen LogP contribution is -2.17. The molecule has 3 N–H and O–H groups in total. The first kappa shape index (κ1) is 14.3. The predicted octanol–water partition coefficient (Wildman–Crippen LogP) is 2.47. The summed E-state index contributed by atoms with van der Waals surface area (Å²) >= 11 is 0. The molecule has 0 aromatic heterocycles. The summed E-state index contributed by atoms with van der Waals surface area (Å²) in [4.78, 5) is -0.203. The van der Waals surface area contributed by atoms with Crippen molar-refractivity contribution in [2.24, 2.45) is 10.6 Å². The Bertz CT molecular complexity index is 568. The zero-order chi connectivity index (χ0) is 14.1. The van der Waals surface area contributed by atoms with Gasteiger partial charge < -0.3 is 5.32 Å². The minimum atomic E-state index is -3.85. The molecule has 0 unspecified atom stereocenters. The molecule has 106 valence electrons. The van der Waals surface area contributed by atoms with Crippen LogP contribution >= 0.6 is 0 Å². The molecule has 1 aliphatic carbocycles. The summed E-state index contributed by atoms with van der Waals surface area (Å²) in [6, 6.07) is 3.70. The molecule has 1 aliphatic rings. The molecule has 1 saturated carbocycles. The molecule has 6 heteroatoms. The first-order valence-corrected chi connectivity index (χ1v) is 7.97. The number of primary sulfonamides is 1. The van der Waals surface area contributed by atoms with E-state index in [1.165, 1.54) is 25.0 Å². The maximum atomic E-state index is 13.8. The second kappa shape index (κ2) is 5.09. The molecular formula is C13H19FN2O2S. The van der Waals surface area contributed by atoms with E-state index in [-0.39, 0.29) is 4.90 Å². The highest BCUT2D eigenvalue weighted by atomic mass is 32.2. The summed E-state index contributed by atoms with van der Waals surface area (Å²) in [5.74, 6) is -0.584. The highest BCUT2D eigenvalue weighted by Crippen LogP contribution is 2.49. The van der Waals surface area contributed by atoms with Crippen molar-refractivity contribution in [2.45, 2.75) is 37.5 Å². The van der Waals surface area contributed by atoms with E-state index >= 15 is 0 Å². The Balaban J connectivity index is 2.06. The zero-order valence-corrected chi connectivity index (χ0v) is 11.8. The predicted molar refractivity (Wildman–Crippen MR) is 72.8 cm³/mol. The molecule has 1 fully saturated rings. The summed E-state index contributed by atoms with van der Waals surface area (Å²) in [6.07, 6.45) is 4.60. The molecule has 0 bridgehead atoms. The number of nitrogens with one attached hydrogen (secondary N) is 1. The van der Waals surface area contributed by atoms with Crippen LogP contribution in [0.2, 0.25) is 0 Å². The highest BCUT2D eigenvalue weighted by molar-refractivity contribution is 7.89. The van der Waals surface area contributed by atoms with Crippen molar-refractivity contribution < 1.29 is 12.8 Å². The minimum absolute atomic E-state index is 0.203. The van der Waals surface area contributed by atoms with Crippen molar-refractivity contribution in [2.75, 3.05) is 11.9 Å². The number of hydrogen-bond donors (Lipinski definition) is 2. The Labute approximate surface area is 113 Å². The van der Waals surface area contributed by atoms with Gasteiger partial charge in [-0.1, -0.05) is 13.3 Å². The van der Waals surface area contributed by atoms with E-state index in [0.29, 0.717) is 11.1 Å². The molecule has 1 aromatic carbocycles. The molecule has 0 radical (unpaired) electrons. The number of anilines is 1. The number of halogens is 1. The summed E-state index contributed by atoms with van der Waals surface area (Å²) in [6.45, 7) is 2.87. The Hall–Kier alpha value is -1.14. The van der Waals surface area contributed by atoms with E-state index in [1.807, 2.05) is 0 Å². The van der Waals surface area contributed by atoms with Gasteiger partial charge in [0.15, 0.2) is 0 Å². The Morgan fingerprint density at radius 3 is 2.58 bits per heavy atom. The lowest BCUT2D eigenvalue weighted by atomic mass is 10.0. The topological polar surface area (TPSA) is 72.2 Å². The van der Waals surface area contributed by atoms with Gasteiger partial charge >= 0.3 is 0 Å². The number of rotatable bonds is 6. The zero-order valence-electron chi connectivity index (χ0n) is 10.9. The molecule has 0 atom stereocenters. The van der Waals surface area contributed by atoms with Crippen molar-refractivity contribution in [3.63, 3.8) is 0 Å². The second-order valence-corrected chi connectivity index (χ2v) is 6.85. The van der Waals surface area contributed by atoms with Gasteiger partial charge in [0.1, 0.15) is 5.82 Å². The molecule has 0 amide bonds. The Kier molecular flexibility index (Phi) is 3.82. The van der Waals surface area contributed by atoms with Crippen LogP contribution in [0.5, 0.6) is 0 Å². The fourth-order valence-corrected chi connectivity index (χ4v) is 2.85. The van der Waals surface area contributed by atoms with E-state index in [9.17, 15) is 12.8 Å². The van der Waals surface area contributed by atoms with Crippen LogP contribution in [0.25, 0.3) is 0 Å². The molecule has 0 heterocycles. The van der Waals surface area contributed by atoms with Gasteiger partial charge in [0, 0.05) is 6.54 Å². The highest BCUT2D eigenvalue weighted by Gasteiger charge is 2.41. The molecule has 0 spiro atoms. The maximum absolute atomic E-state index is 13.8. The molecule has 19 heavy (non-hydrogen) atoms. The molecule has 1 aromatic rings. The molecule has 4 nitrogen and oxygen atoms in total. The third-order valence-electron chi connectivity index (χ3n) is 3.66. The SMILES string of the molecule is CCCC1(CNc2ccc(S(N)(=O)=O)cc2F)CC1. The van der Waals surface area contributed by atoms with E-state index in [0.717, 1.165) is 25.5 Å². The Morgan fingerprint density at radius 2 is 2.11 bits per heavy atom. The van der Waals surface area contributed by atoms with Crippen LogP contribution in [-0.4, -0.2) is 15.0 Å². The number of benzene rings is 1. The first-order chi connectivity index (χ1) is 8.86. The van der Waals surface area contributed by atoms with E-state index in [1.54, 1.807) is 0 Å². The van der Waals surface area contributed by atoms with Crippen LogP contribution in [0.3, 0.4) is 0 Å². The normalized spacial score (nSPS) is 17.2. The van der Waals surface area contributed by atoms with Crippen molar-refractivity contribution in [3.8, 4) is 0 Å². The fraction of sp³-hybridized carbons (Fsp3) is 0.538. The lowest BCUT2D eigenvalue weighted by Gasteiger charge is -2.16. The van der Waals surface area contributed by atoms with Crippen molar-refractivity contribution >= 4 is 15.7 Å². The molecule has 0 saturated heterocycles. The van der Waals surface area contributed by atoms with Crippen molar-refractivity contribution in [3.05, 3.63) is 24.0 Å². The van der Waals surface area contributed by atoms with Crippen molar-refractivity contribution in [1.82, 2.24) is 0 Å². The Morgan fingerprint density at radius 1 is 1.42 bits per heavy atom. The third-order valence-corrected chi connectivity index (χ3v) is 4.57. The van der Waals surface area contributed by atoms with Gasteiger partial charge in [-0.05, 0) is 42.9 Å². The maximum Gasteiger partial charge on any atom is 0.238 e. The number of nitrogens with two attached hydrogens (primary N) is 1. The van der Waals surface area contributed by atoms with Crippen LogP contribution < -0.4 is 10.5 Å². The molecule has 2 rings (SSSR count). The molecular weight excluding hydrogens is 267 g/mol. The fourth-order valence-electron chi connectivity index (χ4n) is 2.32. The van der Waals surface area contributed by atoms with Gasteiger partial charge in [0.25, 0.3) is 0 Å². The van der Waals surface area contributed by atoms with E-state index in [4.69, 9.17) is 5.14 Å². The molecule has 0 aliphatic heterocycles. The van der Waals surface area contributed by atoms with Crippen LogP contribution in [0.4, 0.5) is 10.1 Å². The van der Waals surface area contributed by atoms with E-state index in [2.05, 4.69) is 12.2 Å². The largest absolute Gasteiger partial charge is 0.382 e. The van der Waals surface area contributed by atoms with E-state index < -0.39 is 15.8 Å². The smallest absolute Gasteiger partial charge is 0.238 e. The quantitative estimate of drug-likeness (QED) is 0.843. The van der Waals surface area contributed by atoms with Crippen LogP contribution in [-0.2, 0) is 10.0 Å². The standard InChI is InChI=1S/C13H19FN2O2S/c1-2-5-13(6-7-13)9-16-12-4-3-10(8-11(12)14)19(15,17)18/h3-4,8,16H,2,5-7,9H2,1H3,(H2,15,17,18). The van der Waals surface area contributed by atoms with Gasteiger partial charge in [-0.25, -0.2) is 17.9 Å².